The molecule has 1 aliphatic carbocycles. The molecule has 0 aromatic carbocycles. The normalized spacial score (nSPS) is 15.9. The summed E-state index contributed by atoms with van der Waals surface area (Å²) in [6, 6.07) is 0. The van der Waals surface area contributed by atoms with Gasteiger partial charge in [0.05, 0.1) is 17.9 Å². The van der Waals surface area contributed by atoms with Gasteiger partial charge in [0.2, 0.25) is 5.91 Å². The van der Waals surface area contributed by atoms with E-state index in [2.05, 4.69) is 27.4 Å². The number of fused-ring (bicyclic) bond motifs is 1. The lowest BCUT2D eigenvalue weighted by Crippen LogP contribution is -2.18. The van der Waals surface area contributed by atoms with Crippen molar-refractivity contribution < 1.29 is 14.3 Å². The Labute approximate surface area is 164 Å². The highest BCUT2D eigenvalue weighted by Gasteiger charge is 2.29. The Morgan fingerprint density at radius 3 is 3.04 bits per heavy atom. The summed E-state index contributed by atoms with van der Waals surface area (Å²) in [6.45, 7) is 4.22. The topological polar surface area (TPSA) is 114 Å². The van der Waals surface area contributed by atoms with Crippen molar-refractivity contribution in [2.24, 2.45) is 5.92 Å². The van der Waals surface area contributed by atoms with Gasteiger partial charge in [0, 0.05) is 4.88 Å². The van der Waals surface area contributed by atoms with Crippen LogP contribution in [0.3, 0.4) is 0 Å². The molecule has 1 unspecified atom stereocenters. The molecule has 0 radical (unpaired) electrons. The number of hydrogen-bond acceptors (Lipinski definition) is 8. The van der Waals surface area contributed by atoms with Gasteiger partial charge in [0.15, 0.2) is 5.16 Å². The number of ether oxygens (including phenoxy) is 1. The van der Waals surface area contributed by atoms with Crippen molar-refractivity contribution >= 4 is 40.0 Å². The first-order chi connectivity index (χ1) is 13.0. The summed E-state index contributed by atoms with van der Waals surface area (Å²) in [5, 5.41) is 10.9. The zero-order valence-corrected chi connectivity index (χ0v) is 16.7. The van der Waals surface area contributed by atoms with E-state index in [1.165, 1.54) is 11.3 Å². The monoisotopic (exact) mass is 408 g/mol. The van der Waals surface area contributed by atoms with Crippen molar-refractivity contribution in [3.05, 3.63) is 32.6 Å². The number of hydrogen-bond donors (Lipinski definition) is 2. The summed E-state index contributed by atoms with van der Waals surface area (Å²) >= 11 is 2.51. The Morgan fingerprint density at radius 2 is 2.30 bits per heavy atom. The maximum absolute atomic E-state index is 12.4. The van der Waals surface area contributed by atoms with Crippen LogP contribution < -0.4 is 10.9 Å². The molecule has 2 heterocycles. The van der Waals surface area contributed by atoms with Crippen molar-refractivity contribution in [3.8, 4) is 0 Å². The van der Waals surface area contributed by atoms with E-state index in [4.69, 9.17) is 4.74 Å². The predicted octanol–water partition coefficient (Wildman–Crippen LogP) is 2.26. The molecule has 27 heavy (non-hydrogen) atoms. The lowest BCUT2D eigenvalue weighted by molar-refractivity contribution is -0.113. The van der Waals surface area contributed by atoms with E-state index in [0.717, 1.165) is 47.7 Å². The largest absolute Gasteiger partial charge is 0.462 e. The molecule has 3 rings (SSSR count). The van der Waals surface area contributed by atoms with Gasteiger partial charge < -0.3 is 10.1 Å². The number of carbonyl (C=O) groups is 2. The van der Waals surface area contributed by atoms with Gasteiger partial charge in [-0.2, -0.15) is 5.10 Å². The van der Waals surface area contributed by atoms with Crippen LogP contribution in [0.1, 0.15) is 41.1 Å². The van der Waals surface area contributed by atoms with Crippen molar-refractivity contribution in [3.63, 3.8) is 0 Å². The van der Waals surface area contributed by atoms with Crippen molar-refractivity contribution in [2.45, 2.75) is 38.3 Å². The average Bonchev–Trinajstić information content (AvgIpc) is 2.97. The van der Waals surface area contributed by atoms with E-state index >= 15 is 0 Å². The van der Waals surface area contributed by atoms with Crippen LogP contribution in [0.15, 0.2) is 16.1 Å². The number of thiophene rings is 1. The Balaban J connectivity index is 1.75. The molecule has 1 atom stereocenters. The molecular formula is C17H20N4O4S2. The lowest BCUT2D eigenvalue weighted by Gasteiger charge is -2.18. The quantitative estimate of drug-likeness (QED) is 0.556. The van der Waals surface area contributed by atoms with Crippen LogP contribution in [-0.2, 0) is 22.4 Å². The minimum absolute atomic E-state index is 0.0376. The first-order valence-corrected chi connectivity index (χ1v) is 10.4. The second-order valence-electron chi connectivity index (χ2n) is 6.25. The highest BCUT2D eigenvalue weighted by atomic mass is 32.2. The lowest BCUT2D eigenvalue weighted by atomic mass is 9.88. The van der Waals surface area contributed by atoms with Crippen molar-refractivity contribution in [2.75, 3.05) is 17.7 Å². The van der Waals surface area contributed by atoms with Crippen LogP contribution in [0, 0.1) is 5.92 Å². The summed E-state index contributed by atoms with van der Waals surface area (Å²) in [7, 11) is 0. The van der Waals surface area contributed by atoms with E-state index in [1.54, 1.807) is 6.92 Å². The Bertz CT molecular complexity index is 909. The number of anilines is 1. The van der Waals surface area contributed by atoms with Gasteiger partial charge in [0.1, 0.15) is 11.2 Å². The van der Waals surface area contributed by atoms with Crippen LogP contribution in [0.4, 0.5) is 5.00 Å². The highest BCUT2D eigenvalue weighted by Crippen LogP contribution is 2.40. The number of thioether (sulfide) groups is 1. The smallest absolute Gasteiger partial charge is 0.341 e. The molecule has 1 aliphatic rings. The number of rotatable bonds is 6. The van der Waals surface area contributed by atoms with Gasteiger partial charge in [-0.25, -0.2) is 4.79 Å². The summed E-state index contributed by atoms with van der Waals surface area (Å²) in [5.74, 6) is -0.0937. The van der Waals surface area contributed by atoms with Crippen LogP contribution >= 0.6 is 23.1 Å². The van der Waals surface area contributed by atoms with Gasteiger partial charge in [-0.3, -0.25) is 14.6 Å². The molecule has 144 valence electrons. The van der Waals surface area contributed by atoms with Gasteiger partial charge in [0.25, 0.3) is 5.56 Å². The Hall–Kier alpha value is -2.20. The molecule has 0 bridgehead atoms. The van der Waals surface area contributed by atoms with Crippen LogP contribution in [0.2, 0.25) is 0 Å². The zero-order chi connectivity index (χ0) is 19.4. The number of amides is 1. The minimum atomic E-state index is -0.397. The summed E-state index contributed by atoms with van der Waals surface area (Å²) in [5.41, 5.74) is 1.10. The molecule has 10 heteroatoms. The highest BCUT2D eigenvalue weighted by molar-refractivity contribution is 7.99. The fourth-order valence-corrected chi connectivity index (χ4v) is 4.95. The summed E-state index contributed by atoms with van der Waals surface area (Å²) in [6.07, 6.45) is 3.79. The number of esters is 1. The summed E-state index contributed by atoms with van der Waals surface area (Å²) in [4.78, 5) is 39.7. The molecule has 2 N–H and O–H groups in total. The van der Waals surface area contributed by atoms with E-state index in [0.29, 0.717) is 16.5 Å². The number of nitrogens with zero attached hydrogens (tertiary/aromatic N) is 2. The molecule has 1 amide bonds. The minimum Gasteiger partial charge on any atom is -0.462 e. The van der Waals surface area contributed by atoms with Gasteiger partial charge in [-0.15, -0.1) is 16.4 Å². The number of carbonyl (C=O) groups excluding carboxylic acids is 2. The SMILES string of the molecule is CCOC(=O)c1c(NC(=O)CSc2nncc(=O)[nH]2)sc2c1CCC(C)C2. The predicted molar refractivity (Wildman–Crippen MR) is 103 cm³/mol. The van der Waals surface area contributed by atoms with Crippen molar-refractivity contribution in [1.82, 2.24) is 15.2 Å². The number of H-pyrrole nitrogens is 1. The Morgan fingerprint density at radius 1 is 1.48 bits per heavy atom. The van der Waals surface area contributed by atoms with Crippen LogP contribution in [0.25, 0.3) is 0 Å². The zero-order valence-electron chi connectivity index (χ0n) is 15.0. The molecule has 0 fully saturated rings. The molecule has 2 aromatic heterocycles. The molecule has 0 saturated heterocycles. The Kier molecular flexibility index (Phi) is 6.27. The maximum atomic E-state index is 12.4. The first kappa shape index (κ1) is 19.6. The molecular weight excluding hydrogens is 388 g/mol. The first-order valence-electron chi connectivity index (χ1n) is 8.64. The molecule has 0 spiro atoms. The van der Waals surface area contributed by atoms with Gasteiger partial charge in [-0.05, 0) is 37.7 Å². The van der Waals surface area contributed by atoms with Gasteiger partial charge >= 0.3 is 5.97 Å². The van der Waals surface area contributed by atoms with Gasteiger partial charge in [-0.1, -0.05) is 18.7 Å². The maximum Gasteiger partial charge on any atom is 0.341 e. The molecule has 8 nitrogen and oxygen atoms in total. The van der Waals surface area contributed by atoms with E-state index in [1.807, 2.05) is 0 Å². The van der Waals surface area contributed by atoms with Crippen LogP contribution in [-0.4, -0.2) is 39.4 Å². The standard InChI is InChI=1S/C17H20N4O4S2/c1-3-25-16(24)14-10-5-4-9(2)6-11(10)27-15(14)19-13(23)8-26-17-20-12(22)7-18-21-17/h7,9H,3-6,8H2,1-2H3,(H,19,23)(H,20,21,22). The number of aromatic nitrogens is 3. The third-order valence-corrected chi connectivity index (χ3v) is 6.17. The third-order valence-electron chi connectivity index (χ3n) is 4.14. The fourth-order valence-electron chi connectivity index (χ4n) is 2.92. The van der Waals surface area contributed by atoms with E-state index in [-0.39, 0.29) is 29.0 Å². The summed E-state index contributed by atoms with van der Waals surface area (Å²) < 4.78 is 5.20. The fraction of sp³-hybridized carbons (Fsp3) is 0.471. The molecule has 2 aromatic rings. The van der Waals surface area contributed by atoms with Crippen LogP contribution in [0.5, 0.6) is 0 Å². The van der Waals surface area contributed by atoms with E-state index in [9.17, 15) is 14.4 Å². The molecule has 0 saturated carbocycles. The third kappa shape index (κ3) is 4.75. The second kappa shape index (κ2) is 8.66. The second-order valence-corrected chi connectivity index (χ2v) is 8.32. The number of aromatic amines is 1. The average molecular weight is 409 g/mol. The van der Waals surface area contributed by atoms with E-state index < -0.39 is 5.97 Å². The number of nitrogens with one attached hydrogen (secondary N) is 2. The van der Waals surface area contributed by atoms with Crippen molar-refractivity contribution in [1.29, 1.82) is 0 Å². The molecule has 0 aliphatic heterocycles.